The van der Waals surface area contributed by atoms with Crippen molar-refractivity contribution in [1.82, 2.24) is 5.32 Å². The van der Waals surface area contributed by atoms with Crippen molar-refractivity contribution >= 4 is 24.0 Å². The quantitative estimate of drug-likeness (QED) is 0.632. The number of nitrogens with one attached hydrogen (secondary N) is 1. The van der Waals surface area contributed by atoms with Crippen molar-refractivity contribution in [2.45, 2.75) is 25.8 Å². The number of carbonyl (C=O) groups is 1. The second kappa shape index (κ2) is 7.06. The average molecular weight is 288 g/mol. The van der Waals surface area contributed by atoms with Gasteiger partial charge in [-0.25, -0.2) is 0 Å². The lowest BCUT2D eigenvalue weighted by atomic mass is 10.1. The van der Waals surface area contributed by atoms with Crippen molar-refractivity contribution in [2.24, 2.45) is 5.73 Å². The van der Waals surface area contributed by atoms with Gasteiger partial charge in [-0.15, -0.1) is 12.4 Å². The molecule has 0 saturated carbocycles. The monoisotopic (exact) mass is 287 g/mol. The lowest BCUT2D eigenvalue weighted by Gasteiger charge is -2.18. The standard InChI is InChI=1S/C12H17N3O3.ClH/c1-12(2,13)8-14-11(16)7-9-3-5-10(6-4-9)15(17)18;/h3-6H,7-8,13H2,1-2H3,(H,14,16);1H. The number of nitro benzene ring substituents is 1. The van der Waals surface area contributed by atoms with Gasteiger partial charge in [-0.3, -0.25) is 14.9 Å². The molecule has 0 aromatic heterocycles. The van der Waals surface area contributed by atoms with E-state index in [0.717, 1.165) is 5.56 Å². The summed E-state index contributed by atoms with van der Waals surface area (Å²) >= 11 is 0. The Morgan fingerprint density at radius 3 is 2.32 bits per heavy atom. The fourth-order valence-corrected chi connectivity index (χ4v) is 1.31. The van der Waals surface area contributed by atoms with Crippen LogP contribution in [0, 0.1) is 10.1 Å². The van der Waals surface area contributed by atoms with Crippen LogP contribution in [0.4, 0.5) is 5.69 Å². The number of nitrogens with two attached hydrogens (primary N) is 1. The molecule has 0 aliphatic rings. The van der Waals surface area contributed by atoms with Crippen molar-refractivity contribution < 1.29 is 9.72 Å². The van der Waals surface area contributed by atoms with E-state index in [-0.39, 0.29) is 30.4 Å². The summed E-state index contributed by atoms with van der Waals surface area (Å²) in [5.41, 5.74) is 6.03. The molecule has 0 aliphatic heterocycles. The number of hydrogen-bond acceptors (Lipinski definition) is 4. The highest BCUT2D eigenvalue weighted by Crippen LogP contribution is 2.12. The van der Waals surface area contributed by atoms with E-state index in [0.29, 0.717) is 6.54 Å². The molecule has 3 N–H and O–H groups in total. The highest BCUT2D eigenvalue weighted by atomic mass is 35.5. The van der Waals surface area contributed by atoms with E-state index in [4.69, 9.17) is 5.73 Å². The van der Waals surface area contributed by atoms with Crippen LogP contribution in [0.2, 0.25) is 0 Å². The smallest absolute Gasteiger partial charge is 0.269 e. The largest absolute Gasteiger partial charge is 0.354 e. The van der Waals surface area contributed by atoms with Crippen LogP contribution in [-0.2, 0) is 11.2 Å². The second-order valence-corrected chi connectivity index (χ2v) is 4.87. The Bertz CT molecular complexity index is 441. The van der Waals surface area contributed by atoms with Gasteiger partial charge in [-0.2, -0.15) is 0 Å². The molecule has 0 radical (unpaired) electrons. The van der Waals surface area contributed by atoms with E-state index < -0.39 is 10.5 Å². The Hall–Kier alpha value is -1.66. The zero-order valence-electron chi connectivity index (χ0n) is 10.9. The molecular formula is C12H18ClN3O3. The maximum atomic E-state index is 11.6. The molecule has 6 nitrogen and oxygen atoms in total. The van der Waals surface area contributed by atoms with Gasteiger partial charge in [0.25, 0.3) is 5.69 Å². The normalized spacial score (nSPS) is 10.5. The van der Waals surface area contributed by atoms with Crippen LogP contribution in [0.5, 0.6) is 0 Å². The first-order valence-electron chi connectivity index (χ1n) is 5.57. The molecule has 0 unspecified atom stereocenters. The van der Waals surface area contributed by atoms with Gasteiger partial charge in [0.05, 0.1) is 11.3 Å². The fourth-order valence-electron chi connectivity index (χ4n) is 1.31. The second-order valence-electron chi connectivity index (χ2n) is 4.87. The Morgan fingerprint density at radius 2 is 1.89 bits per heavy atom. The van der Waals surface area contributed by atoms with Gasteiger partial charge < -0.3 is 11.1 Å². The first-order valence-corrected chi connectivity index (χ1v) is 5.57. The molecule has 106 valence electrons. The van der Waals surface area contributed by atoms with Gasteiger partial charge in [0.15, 0.2) is 0 Å². The number of nitrogens with zero attached hydrogens (tertiary/aromatic N) is 1. The topological polar surface area (TPSA) is 98.3 Å². The van der Waals surface area contributed by atoms with Crippen LogP contribution < -0.4 is 11.1 Å². The first kappa shape index (κ1) is 17.3. The molecule has 0 heterocycles. The van der Waals surface area contributed by atoms with E-state index >= 15 is 0 Å². The lowest BCUT2D eigenvalue weighted by Crippen LogP contribution is -2.45. The first-order chi connectivity index (χ1) is 8.28. The number of nitro groups is 1. The van der Waals surface area contributed by atoms with Crippen LogP contribution in [-0.4, -0.2) is 22.9 Å². The minimum absolute atomic E-state index is 0. The number of amides is 1. The highest BCUT2D eigenvalue weighted by Gasteiger charge is 2.12. The summed E-state index contributed by atoms with van der Waals surface area (Å²) in [5, 5.41) is 13.2. The maximum Gasteiger partial charge on any atom is 0.269 e. The third-order valence-corrected chi connectivity index (χ3v) is 2.25. The van der Waals surface area contributed by atoms with Crippen LogP contribution >= 0.6 is 12.4 Å². The summed E-state index contributed by atoms with van der Waals surface area (Å²) < 4.78 is 0. The van der Waals surface area contributed by atoms with E-state index in [1.54, 1.807) is 12.1 Å². The van der Waals surface area contributed by atoms with Gasteiger partial charge in [0.2, 0.25) is 5.91 Å². The number of rotatable bonds is 5. The van der Waals surface area contributed by atoms with Gasteiger partial charge in [0, 0.05) is 24.2 Å². The number of benzene rings is 1. The summed E-state index contributed by atoms with van der Waals surface area (Å²) in [5.74, 6) is -0.151. The summed E-state index contributed by atoms with van der Waals surface area (Å²) in [6.45, 7) is 4.02. The molecule has 1 aromatic carbocycles. The minimum atomic E-state index is -0.471. The van der Waals surface area contributed by atoms with E-state index in [9.17, 15) is 14.9 Å². The SMILES string of the molecule is CC(C)(N)CNC(=O)Cc1ccc([N+](=O)[O-])cc1.Cl. The average Bonchev–Trinajstić information content (AvgIpc) is 2.26. The van der Waals surface area contributed by atoms with E-state index in [1.807, 2.05) is 13.8 Å². The van der Waals surface area contributed by atoms with Crippen LogP contribution in [0.3, 0.4) is 0 Å². The molecule has 0 aliphatic carbocycles. The molecule has 0 atom stereocenters. The molecule has 0 spiro atoms. The number of halogens is 1. The molecule has 0 saturated heterocycles. The fraction of sp³-hybridized carbons (Fsp3) is 0.417. The Labute approximate surface area is 117 Å². The number of carbonyl (C=O) groups excluding carboxylic acids is 1. The predicted molar refractivity (Wildman–Crippen MR) is 75.3 cm³/mol. The van der Waals surface area contributed by atoms with Crippen LogP contribution in [0.15, 0.2) is 24.3 Å². The van der Waals surface area contributed by atoms with Crippen LogP contribution in [0.1, 0.15) is 19.4 Å². The summed E-state index contributed by atoms with van der Waals surface area (Å²) in [7, 11) is 0. The van der Waals surface area contributed by atoms with E-state index in [1.165, 1.54) is 12.1 Å². The van der Waals surface area contributed by atoms with Gasteiger partial charge in [-0.05, 0) is 19.4 Å². The molecule has 0 bridgehead atoms. The van der Waals surface area contributed by atoms with E-state index in [2.05, 4.69) is 5.32 Å². The molecule has 7 heteroatoms. The van der Waals surface area contributed by atoms with Gasteiger partial charge in [-0.1, -0.05) is 12.1 Å². The third-order valence-electron chi connectivity index (χ3n) is 2.25. The van der Waals surface area contributed by atoms with Crippen LogP contribution in [0.25, 0.3) is 0 Å². The van der Waals surface area contributed by atoms with Gasteiger partial charge in [0.1, 0.15) is 0 Å². The Morgan fingerprint density at radius 1 is 1.37 bits per heavy atom. The summed E-state index contributed by atoms with van der Waals surface area (Å²) in [4.78, 5) is 21.6. The summed E-state index contributed by atoms with van der Waals surface area (Å²) in [6.07, 6.45) is 0.189. The number of non-ortho nitro benzene ring substituents is 1. The maximum absolute atomic E-state index is 11.6. The Kier molecular flexibility index (Phi) is 6.44. The minimum Gasteiger partial charge on any atom is -0.354 e. The zero-order valence-corrected chi connectivity index (χ0v) is 11.7. The van der Waals surface area contributed by atoms with Crippen molar-refractivity contribution in [2.75, 3.05) is 6.54 Å². The lowest BCUT2D eigenvalue weighted by molar-refractivity contribution is -0.384. The number of hydrogen-bond donors (Lipinski definition) is 2. The van der Waals surface area contributed by atoms with Crippen molar-refractivity contribution in [1.29, 1.82) is 0 Å². The molecule has 1 rings (SSSR count). The zero-order chi connectivity index (χ0) is 13.8. The Balaban J connectivity index is 0.00000324. The van der Waals surface area contributed by atoms with Crippen molar-refractivity contribution in [3.8, 4) is 0 Å². The van der Waals surface area contributed by atoms with Gasteiger partial charge >= 0.3 is 0 Å². The molecule has 19 heavy (non-hydrogen) atoms. The van der Waals surface area contributed by atoms with Crippen molar-refractivity contribution in [3.63, 3.8) is 0 Å². The molecule has 0 fully saturated rings. The highest BCUT2D eigenvalue weighted by molar-refractivity contribution is 5.85. The third kappa shape index (κ3) is 6.73. The summed E-state index contributed by atoms with van der Waals surface area (Å²) in [6, 6.07) is 5.92. The molecule has 1 amide bonds. The predicted octanol–water partition coefficient (Wildman–Crippen LogP) is 1.41. The molecular weight excluding hydrogens is 270 g/mol. The molecule has 1 aromatic rings. The van der Waals surface area contributed by atoms with Crippen molar-refractivity contribution in [3.05, 3.63) is 39.9 Å².